The predicted octanol–water partition coefficient (Wildman–Crippen LogP) is 5.46. The Morgan fingerprint density at radius 2 is 1.19 bits per heavy atom. The molecule has 0 heterocycles. The summed E-state index contributed by atoms with van der Waals surface area (Å²) in [5.41, 5.74) is 0.879. The van der Waals surface area contributed by atoms with E-state index in [4.69, 9.17) is 23.7 Å². The first-order chi connectivity index (χ1) is 20.4. The Morgan fingerprint density at radius 3 is 1.76 bits per heavy atom. The molecule has 1 atom stereocenters. The van der Waals surface area contributed by atoms with Gasteiger partial charge >= 0.3 is 17.9 Å². The molecule has 0 bridgehead atoms. The van der Waals surface area contributed by atoms with E-state index in [0.29, 0.717) is 18.4 Å². The fraction of sp³-hybridized carbons (Fsp3) is 0.212. The topological polar surface area (TPSA) is 114 Å². The summed E-state index contributed by atoms with van der Waals surface area (Å²) in [6.07, 6.45) is 1.46. The van der Waals surface area contributed by atoms with Crippen molar-refractivity contribution in [1.29, 1.82) is 0 Å². The zero-order chi connectivity index (χ0) is 30.2. The number of para-hydroxylation sites is 1. The van der Waals surface area contributed by atoms with E-state index in [1.165, 1.54) is 0 Å². The monoisotopic (exact) mass is 572 g/mol. The van der Waals surface area contributed by atoms with Crippen molar-refractivity contribution < 1.29 is 42.9 Å². The molecule has 9 nitrogen and oxygen atoms in total. The van der Waals surface area contributed by atoms with Crippen molar-refractivity contribution in [3.63, 3.8) is 0 Å². The van der Waals surface area contributed by atoms with Gasteiger partial charge in [-0.15, -0.1) is 0 Å². The molecule has 0 aliphatic carbocycles. The quantitative estimate of drug-likeness (QED) is 0.0683. The largest absolute Gasteiger partial charge is 0.490 e. The van der Waals surface area contributed by atoms with Crippen molar-refractivity contribution in [1.82, 2.24) is 0 Å². The normalized spacial score (nSPS) is 11.0. The van der Waals surface area contributed by atoms with E-state index >= 15 is 0 Å². The number of hydrogen-bond acceptors (Lipinski definition) is 9. The molecule has 0 N–H and O–H groups in total. The third kappa shape index (κ3) is 9.48. The first-order valence-electron chi connectivity index (χ1n) is 13.3. The van der Waals surface area contributed by atoms with Crippen molar-refractivity contribution in [2.45, 2.75) is 18.9 Å². The van der Waals surface area contributed by atoms with Crippen molar-refractivity contribution >= 4 is 23.7 Å². The van der Waals surface area contributed by atoms with E-state index in [9.17, 15) is 19.2 Å². The van der Waals surface area contributed by atoms with Gasteiger partial charge in [0.15, 0.2) is 17.6 Å². The first kappa shape index (κ1) is 31.3. The van der Waals surface area contributed by atoms with Gasteiger partial charge in [0.05, 0.1) is 32.0 Å². The first-order valence-corrected chi connectivity index (χ1v) is 13.3. The van der Waals surface area contributed by atoms with Gasteiger partial charge in [-0.1, -0.05) is 73.8 Å². The molecule has 0 spiro atoms. The van der Waals surface area contributed by atoms with Gasteiger partial charge in [0.25, 0.3) is 0 Å². The maximum atomic E-state index is 13.8. The molecular weight excluding hydrogens is 540 g/mol. The second kappa shape index (κ2) is 16.8. The SMILES string of the molecule is C=CC(=O)OCCCOc1cccc(C(OC(=O)c2ccccc2)C(=O)c2ccccc2)c1OCCCOC(=O)C=C. The Morgan fingerprint density at radius 1 is 0.643 bits per heavy atom. The van der Waals surface area contributed by atoms with Gasteiger partial charge in [-0.25, -0.2) is 14.4 Å². The fourth-order valence-corrected chi connectivity index (χ4v) is 3.71. The molecule has 0 fully saturated rings. The number of carbonyl (C=O) groups excluding carboxylic acids is 4. The van der Waals surface area contributed by atoms with Gasteiger partial charge in [-0.2, -0.15) is 0 Å². The van der Waals surface area contributed by atoms with Crippen LogP contribution >= 0.6 is 0 Å². The van der Waals surface area contributed by atoms with Crippen LogP contribution in [0.4, 0.5) is 0 Å². The van der Waals surface area contributed by atoms with Gasteiger partial charge in [0.1, 0.15) is 0 Å². The van der Waals surface area contributed by atoms with Crippen LogP contribution in [0.5, 0.6) is 11.5 Å². The molecule has 1 unspecified atom stereocenters. The average Bonchev–Trinajstić information content (AvgIpc) is 3.03. The summed E-state index contributed by atoms with van der Waals surface area (Å²) in [4.78, 5) is 49.6. The molecule has 3 aromatic carbocycles. The molecule has 0 saturated heterocycles. The molecule has 0 aromatic heterocycles. The smallest absolute Gasteiger partial charge is 0.339 e. The van der Waals surface area contributed by atoms with Gasteiger partial charge in [-0.3, -0.25) is 4.79 Å². The lowest BCUT2D eigenvalue weighted by molar-refractivity contribution is -0.138. The highest BCUT2D eigenvalue weighted by atomic mass is 16.6. The van der Waals surface area contributed by atoms with E-state index < -0.39 is 29.8 Å². The van der Waals surface area contributed by atoms with Crippen LogP contribution in [0.3, 0.4) is 0 Å². The van der Waals surface area contributed by atoms with E-state index in [0.717, 1.165) is 12.2 Å². The van der Waals surface area contributed by atoms with Gasteiger partial charge in [0, 0.05) is 36.1 Å². The minimum atomic E-state index is -1.37. The standard InChI is InChI=1S/C33H32O9/c1-3-28(34)39-21-12-20-38-27-19-11-18-26(31(27)41-23-13-22-40-29(35)4-2)32(30(36)24-14-7-5-8-15-24)42-33(37)25-16-9-6-10-17-25/h3-11,14-19,32H,1-2,12-13,20-23H2. The molecular formula is C33H32O9. The lowest BCUT2D eigenvalue weighted by atomic mass is 9.98. The van der Waals surface area contributed by atoms with Crippen LogP contribution in [-0.4, -0.2) is 50.1 Å². The molecule has 0 amide bonds. The van der Waals surface area contributed by atoms with Gasteiger partial charge in [-0.05, 0) is 18.2 Å². The van der Waals surface area contributed by atoms with Gasteiger partial charge < -0.3 is 23.7 Å². The lowest BCUT2D eigenvalue weighted by Crippen LogP contribution is -2.21. The summed E-state index contributed by atoms with van der Waals surface area (Å²) in [7, 11) is 0. The second-order valence-corrected chi connectivity index (χ2v) is 8.70. The molecule has 218 valence electrons. The zero-order valence-electron chi connectivity index (χ0n) is 23.1. The maximum absolute atomic E-state index is 13.8. The number of hydrogen-bond donors (Lipinski definition) is 0. The van der Waals surface area contributed by atoms with Crippen LogP contribution in [0.1, 0.15) is 45.2 Å². The number of ether oxygens (including phenoxy) is 5. The van der Waals surface area contributed by atoms with Gasteiger partial charge in [0.2, 0.25) is 5.78 Å². The van der Waals surface area contributed by atoms with Crippen LogP contribution in [0.2, 0.25) is 0 Å². The molecule has 0 aliphatic rings. The van der Waals surface area contributed by atoms with Crippen LogP contribution in [0.15, 0.2) is 104 Å². The second-order valence-electron chi connectivity index (χ2n) is 8.70. The Labute approximate surface area is 244 Å². The number of ketones is 1. The Hall–Kier alpha value is -5.18. The summed E-state index contributed by atoms with van der Waals surface area (Å²) >= 11 is 0. The Kier molecular flexibility index (Phi) is 12.6. The molecule has 42 heavy (non-hydrogen) atoms. The molecule has 9 heteroatoms. The molecule has 0 aliphatic heterocycles. The summed E-state index contributed by atoms with van der Waals surface area (Å²) in [5.74, 6) is -1.78. The fourth-order valence-electron chi connectivity index (χ4n) is 3.71. The summed E-state index contributed by atoms with van der Waals surface area (Å²) in [5, 5.41) is 0. The number of Topliss-reactive ketones (excluding diaryl/α,β-unsaturated/α-hetero) is 1. The van der Waals surface area contributed by atoms with E-state index in [1.54, 1.807) is 78.9 Å². The highest BCUT2D eigenvalue weighted by Crippen LogP contribution is 2.38. The Balaban J connectivity index is 1.92. The lowest BCUT2D eigenvalue weighted by Gasteiger charge is -2.22. The van der Waals surface area contributed by atoms with Crippen molar-refractivity contribution in [3.8, 4) is 11.5 Å². The van der Waals surface area contributed by atoms with Crippen molar-refractivity contribution in [2.75, 3.05) is 26.4 Å². The summed E-state index contributed by atoms with van der Waals surface area (Å²) in [6.45, 7) is 7.16. The van der Waals surface area contributed by atoms with Crippen LogP contribution < -0.4 is 9.47 Å². The molecule has 3 aromatic rings. The minimum Gasteiger partial charge on any atom is -0.490 e. The summed E-state index contributed by atoms with van der Waals surface area (Å²) in [6, 6.07) is 21.7. The third-order valence-electron chi connectivity index (χ3n) is 5.73. The highest BCUT2D eigenvalue weighted by molar-refractivity contribution is 6.02. The van der Waals surface area contributed by atoms with E-state index in [-0.39, 0.29) is 49.1 Å². The number of benzene rings is 3. The number of esters is 3. The minimum absolute atomic E-state index is 0.0766. The number of carbonyl (C=O) groups is 4. The van der Waals surface area contributed by atoms with Crippen molar-refractivity contribution in [2.24, 2.45) is 0 Å². The third-order valence-corrected chi connectivity index (χ3v) is 5.73. The summed E-state index contributed by atoms with van der Waals surface area (Å²) < 4.78 is 27.8. The molecule has 0 saturated carbocycles. The molecule has 3 rings (SSSR count). The molecule has 0 radical (unpaired) electrons. The number of rotatable bonds is 17. The predicted molar refractivity (Wildman–Crippen MR) is 154 cm³/mol. The highest BCUT2D eigenvalue weighted by Gasteiger charge is 2.31. The van der Waals surface area contributed by atoms with Crippen molar-refractivity contribution in [3.05, 3.63) is 121 Å². The Bertz CT molecular complexity index is 1370. The van der Waals surface area contributed by atoms with Crippen LogP contribution in [0.25, 0.3) is 0 Å². The average molecular weight is 573 g/mol. The van der Waals surface area contributed by atoms with Crippen LogP contribution in [0, 0.1) is 0 Å². The van der Waals surface area contributed by atoms with E-state index in [1.807, 2.05) is 0 Å². The van der Waals surface area contributed by atoms with E-state index in [2.05, 4.69) is 13.2 Å². The maximum Gasteiger partial charge on any atom is 0.339 e. The zero-order valence-corrected chi connectivity index (χ0v) is 23.1. The van der Waals surface area contributed by atoms with Crippen LogP contribution in [-0.2, 0) is 23.8 Å².